The van der Waals surface area contributed by atoms with Gasteiger partial charge < -0.3 is 9.88 Å². The average Bonchev–Trinajstić information content (AvgIpc) is 3.30. The minimum absolute atomic E-state index is 0.299. The molecule has 4 nitrogen and oxygen atoms in total. The van der Waals surface area contributed by atoms with E-state index in [-0.39, 0.29) is 5.82 Å². The van der Waals surface area contributed by atoms with Crippen LogP contribution < -0.4 is 5.32 Å². The number of halogens is 1. The standard InChI is InChI=1S/C20H17FN4S/c1-14-11-25(13-23-14)19-8-7-16(9-17(19)21)18-12-26-20(24-18)22-10-15-5-3-2-4-6-15/h2-9,11-13H,10H2,1H3,(H,22,24). The van der Waals surface area contributed by atoms with Crippen molar-refractivity contribution in [3.8, 4) is 16.9 Å². The summed E-state index contributed by atoms with van der Waals surface area (Å²) in [5.74, 6) is -0.299. The second kappa shape index (κ2) is 7.09. The summed E-state index contributed by atoms with van der Waals surface area (Å²) in [6, 6.07) is 15.3. The average molecular weight is 364 g/mol. The summed E-state index contributed by atoms with van der Waals surface area (Å²) in [6.45, 7) is 2.59. The summed E-state index contributed by atoms with van der Waals surface area (Å²) in [4.78, 5) is 8.71. The van der Waals surface area contributed by atoms with Crippen molar-refractivity contribution in [2.24, 2.45) is 0 Å². The van der Waals surface area contributed by atoms with Crippen LogP contribution in [0.1, 0.15) is 11.3 Å². The molecule has 0 saturated heterocycles. The predicted molar refractivity (Wildman–Crippen MR) is 103 cm³/mol. The molecule has 4 aromatic rings. The third-order valence-electron chi connectivity index (χ3n) is 4.02. The Kier molecular flexibility index (Phi) is 4.50. The van der Waals surface area contributed by atoms with E-state index in [2.05, 4.69) is 27.4 Å². The topological polar surface area (TPSA) is 42.7 Å². The molecule has 0 bridgehead atoms. The number of hydrogen-bond acceptors (Lipinski definition) is 4. The lowest BCUT2D eigenvalue weighted by Crippen LogP contribution is -1.98. The van der Waals surface area contributed by atoms with Crippen LogP contribution in [0.4, 0.5) is 9.52 Å². The van der Waals surface area contributed by atoms with Crippen molar-refractivity contribution in [1.82, 2.24) is 14.5 Å². The quantitative estimate of drug-likeness (QED) is 0.538. The van der Waals surface area contributed by atoms with Crippen LogP contribution in [0, 0.1) is 12.7 Å². The molecule has 0 radical (unpaired) electrons. The molecular weight excluding hydrogens is 347 g/mol. The molecule has 2 aromatic carbocycles. The van der Waals surface area contributed by atoms with Crippen molar-refractivity contribution < 1.29 is 4.39 Å². The molecule has 0 amide bonds. The number of benzene rings is 2. The SMILES string of the molecule is Cc1cn(-c2ccc(-c3csc(NCc4ccccc4)n3)cc2F)cn1. The van der Waals surface area contributed by atoms with Gasteiger partial charge in [-0.05, 0) is 24.6 Å². The van der Waals surface area contributed by atoms with Crippen LogP contribution in [0.15, 0.2) is 66.4 Å². The number of nitrogens with one attached hydrogen (secondary N) is 1. The van der Waals surface area contributed by atoms with Crippen molar-refractivity contribution in [1.29, 1.82) is 0 Å². The molecule has 0 unspecified atom stereocenters. The van der Waals surface area contributed by atoms with Gasteiger partial charge in [0.2, 0.25) is 0 Å². The van der Waals surface area contributed by atoms with Crippen molar-refractivity contribution in [2.45, 2.75) is 13.5 Å². The van der Waals surface area contributed by atoms with Gasteiger partial charge in [0.25, 0.3) is 0 Å². The van der Waals surface area contributed by atoms with E-state index in [9.17, 15) is 4.39 Å². The first-order valence-corrected chi connectivity index (χ1v) is 9.11. The fourth-order valence-corrected chi connectivity index (χ4v) is 3.41. The molecule has 0 aliphatic heterocycles. The highest BCUT2D eigenvalue weighted by Crippen LogP contribution is 2.27. The van der Waals surface area contributed by atoms with E-state index in [0.29, 0.717) is 12.2 Å². The summed E-state index contributed by atoms with van der Waals surface area (Å²) in [6.07, 6.45) is 3.41. The molecule has 0 atom stereocenters. The second-order valence-corrected chi connectivity index (χ2v) is 6.82. The molecule has 130 valence electrons. The predicted octanol–water partition coefficient (Wildman–Crippen LogP) is 5.06. The molecule has 2 aromatic heterocycles. The maximum absolute atomic E-state index is 14.5. The molecular formula is C20H17FN4S. The van der Waals surface area contributed by atoms with Crippen LogP contribution >= 0.6 is 11.3 Å². The molecule has 0 fully saturated rings. The smallest absolute Gasteiger partial charge is 0.183 e. The Bertz CT molecular complexity index is 1020. The van der Waals surface area contributed by atoms with E-state index in [1.54, 1.807) is 23.2 Å². The lowest BCUT2D eigenvalue weighted by atomic mass is 10.1. The first-order valence-electron chi connectivity index (χ1n) is 8.23. The summed E-state index contributed by atoms with van der Waals surface area (Å²) < 4.78 is 16.2. The second-order valence-electron chi connectivity index (χ2n) is 5.97. The normalized spacial score (nSPS) is 10.8. The van der Waals surface area contributed by atoms with Crippen molar-refractivity contribution in [3.05, 3.63) is 83.5 Å². The number of hydrogen-bond donors (Lipinski definition) is 1. The lowest BCUT2D eigenvalue weighted by molar-refractivity contribution is 0.618. The van der Waals surface area contributed by atoms with Crippen LogP contribution in [0.5, 0.6) is 0 Å². The Morgan fingerprint density at radius 3 is 2.73 bits per heavy atom. The van der Waals surface area contributed by atoms with Crippen LogP contribution in [-0.2, 0) is 6.54 Å². The lowest BCUT2D eigenvalue weighted by Gasteiger charge is -2.05. The first kappa shape index (κ1) is 16.5. The minimum Gasteiger partial charge on any atom is -0.357 e. The van der Waals surface area contributed by atoms with E-state index in [1.807, 2.05) is 36.6 Å². The van der Waals surface area contributed by atoms with Gasteiger partial charge >= 0.3 is 0 Å². The minimum atomic E-state index is -0.299. The third kappa shape index (κ3) is 3.50. The van der Waals surface area contributed by atoms with E-state index in [4.69, 9.17) is 0 Å². The summed E-state index contributed by atoms with van der Waals surface area (Å²) in [5, 5.41) is 6.06. The van der Waals surface area contributed by atoms with Crippen LogP contribution in [0.2, 0.25) is 0 Å². The zero-order chi connectivity index (χ0) is 17.9. The van der Waals surface area contributed by atoms with Gasteiger partial charge in [-0.2, -0.15) is 0 Å². The van der Waals surface area contributed by atoms with Gasteiger partial charge in [0, 0.05) is 23.7 Å². The molecule has 6 heteroatoms. The maximum atomic E-state index is 14.5. The molecule has 4 rings (SSSR count). The van der Waals surface area contributed by atoms with Gasteiger partial charge in [0.15, 0.2) is 5.13 Å². The monoisotopic (exact) mass is 364 g/mol. The number of aromatic nitrogens is 3. The fourth-order valence-electron chi connectivity index (χ4n) is 2.69. The number of rotatable bonds is 5. The van der Waals surface area contributed by atoms with Gasteiger partial charge in [-0.1, -0.05) is 36.4 Å². The molecule has 0 aliphatic rings. The van der Waals surface area contributed by atoms with Gasteiger partial charge in [-0.3, -0.25) is 0 Å². The number of imidazole rings is 1. The Morgan fingerprint density at radius 1 is 1.15 bits per heavy atom. The molecule has 0 saturated carbocycles. The molecule has 0 aliphatic carbocycles. The van der Waals surface area contributed by atoms with E-state index >= 15 is 0 Å². The van der Waals surface area contributed by atoms with Gasteiger partial charge in [0.05, 0.1) is 23.4 Å². The Balaban J connectivity index is 1.51. The summed E-state index contributed by atoms with van der Waals surface area (Å²) in [5.41, 5.74) is 4.04. The number of nitrogens with zero attached hydrogens (tertiary/aromatic N) is 3. The molecule has 0 spiro atoms. The van der Waals surface area contributed by atoms with E-state index in [0.717, 1.165) is 22.1 Å². The highest BCUT2D eigenvalue weighted by Gasteiger charge is 2.10. The largest absolute Gasteiger partial charge is 0.357 e. The number of anilines is 1. The van der Waals surface area contributed by atoms with E-state index < -0.39 is 0 Å². The van der Waals surface area contributed by atoms with Gasteiger partial charge in [0.1, 0.15) is 5.82 Å². The maximum Gasteiger partial charge on any atom is 0.183 e. The highest BCUT2D eigenvalue weighted by atomic mass is 32.1. The number of thiazole rings is 1. The highest BCUT2D eigenvalue weighted by molar-refractivity contribution is 7.14. The molecule has 2 heterocycles. The Labute approximate surface area is 155 Å². The number of aryl methyl sites for hydroxylation is 1. The molecule has 26 heavy (non-hydrogen) atoms. The van der Waals surface area contributed by atoms with Gasteiger partial charge in [-0.25, -0.2) is 14.4 Å². The van der Waals surface area contributed by atoms with Crippen molar-refractivity contribution in [2.75, 3.05) is 5.32 Å². The van der Waals surface area contributed by atoms with Crippen LogP contribution in [-0.4, -0.2) is 14.5 Å². The van der Waals surface area contributed by atoms with Crippen LogP contribution in [0.3, 0.4) is 0 Å². The van der Waals surface area contributed by atoms with Crippen LogP contribution in [0.25, 0.3) is 16.9 Å². The van der Waals surface area contributed by atoms with Crippen molar-refractivity contribution in [3.63, 3.8) is 0 Å². The van der Waals surface area contributed by atoms with E-state index in [1.165, 1.54) is 23.0 Å². The fraction of sp³-hybridized carbons (Fsp3) is 0.100. The van der Waals surface area contributed by atoms with Crippen molar-refractivity contribution >= 4 is 16.5 Å². The third-order valence-corrected chi connectivity index (χ3v) is 4.82. The Hall–Kier alpha value is -2.99. The zero-order valence-corrected chi connectivity index (χ0v) is 15.0. The first-order chi connectivity index (χ1) is 12.7. The molecule has 1 N–H and O–H groups in total. The Morgan fingerprint density at radius 2 is 2.00 bits per heavy atom. The summed E-state index contributed by atoms with van der Waals surface area (Å²) >= 11 is 1.51. The van der Waals surface area contributed by atoms with Gasteiger partial charge in [-0.15, -0.1) is 11.3 Å². The summed E-state index contributed by atoms with van der Waals surface area (Å²) in [7, 11) is 0. The zero-order valence-electron chi connectivity index (χ0n) is 14.2.